The van der Waals surface area contributed by atoms with E-state index in [1.54, 1.807) is 0 Å². The normalized spacial score (nSPS) is 17.8. The molecule has 0 amide bonds. The number of benzene rings is 3. The van der Waals surface area contributed by atoms with Crippen LogP contribution in [-0.4, -0.2) is 22.1 Å². The van der Waals surface area contributed by atoms with Gasteiger partial charge in [-0.05, 0) is 80.1 Å². The maximum Gasteiger partial charge on any atom is 0.229 e. The second kappa shape index (κ2) is 9.50. The van der Waals surface area contributed by atoms with Gasteiger partial charge in [-0.2, -0.15) is 10.2 Å². The van der Waals surface area contributed by atoms with Gasteiger partial charge in [0.15, 0.2) is 0 Å². The summed E-state index contributed by atoms with van der Waals surface area (Å²) in [6, 6.07) is 24.9. The van der Waals surface area contributed by atoms with Crippen molar-refractivity contribution in [1.29, 1.82) is 5.26 Å². The summed E-state index contributed by atoms with van der Waals surface area (Å²) in [4.78, 5) is 9.70. The highest BCUT2D eigenvalue weighted by atomic mass is 15.2. The fraction of sp³-hybridized carbons (Fsp3) is 0.250. The van der Waals surface area contributed by atoms with Crippen molar-refractivity contribution in [2.45, 2.75) is 44.7 Å². The SMILES string of the molecule is Cc1ccc(Nc2nc(NC3CCC(N)CC3)c3ccc(-c4ccc(C#N)cc4)cc3n2)cc1. The number of nitrogens with two attached hydrogens (primary N) is 1. The number of rotatable bonds is 5. The van der Waals surface area contributed by atoms with Crippen molar-refractivity contribution >= 4 is 28.4 Å². The van der Waals surface area contributed by atoms with Gasteiger partial charge in [-0.15, -0.1) is 0 Å². The Bertz CT molecular complexity index is 1330. The van der Waals surface area contributed by atoms with E-state index in [0.29, 0.717) is 23.6 Å². The van der Waals surface area contributed by atoms with Crippen LogP contribution in [0, 0.1) is 18.3 Å². The summed E-state index contributed by atoms with van der Waals surface area (Å²) >= 11 is 0. The number of aryl methyl sites for hydroxylation is 1. The van der Waals surface area contributed by atoms with E-state index in [9.17, 15) is 0 Å². The van der Waals surface area contributed by atoms with E-state index in [2.05, 4.69) is 54.0 Å². The fourth-order valence-corrected chi connectivity index (χ4v) is 4.44. The lowest BCUT2D eigenvalue weighted by molar-refractivity contribution is 0.410. The number of hydrogen-bond donors (Lipinski definition) is 3. The van der Waals surface area contributed by atoms with Gasteiger partial charge in [0.05, 0.1) is 17.1 Å². The van der Waals surface area contributed by atoms with Crippen molar-refractivity contribution in [3.05, 3.63) is 77.9 Å². The van der Waals surface area contributed by atoms with Gasteiger partial charge in [0.2, 0.25) is 5.95 Å². The first kappa shape index (κ1) is 21.9. The highest BCUT2D eigenvalue weighted by molar-refractivity contribution is 5.93. The Labute approximate surface area is 199 Å². The monoisotopic (exact) mass is 448 g/mol. The van der Waals surface area contributed by atoms with Crippen molar-refractivity contribution in [2.75, 3.05) is 10.6 Å². The van der Waals surface area contributed by atoms with Gasteiger partial charge in [0, 0.05) is 23.2 Å². The molecule has 0 atom stereocenters. The third kappa shape index (κ3) is 4.85. The Balaban J connectivity index is 1.53. The first-order chi connectivity index (χ1) is 16.6. The predicted molar refractivity (Wildman–Crippen MR) is 138 cm³/mol. The summed E-state index contributed by atoms with van der Waals surface area (Å²) in [5, 5.41) is 17.1. The minimum absolute atomic E-state index is 0.300. The van der Waals surface area contributed by atoms with Gasteiger partial charge in [-0.1, -0.05) is 35.9 Å². The Kier molecular flexibility index (Phi) is 6.11. The molecule has 4 aromatic rings. The molecular formula is C28H28N6. The molecule has 0 spiro atoms. The average Bonchev–Trinajstić information content (AvgIpc) is 2.86. The Morgan fingerprint density at radius 1 is 0.882 bits per heavy atom. The largest absolute Gasteiger partial charge is 0.367 e. The van der Waals surface area contributed by atoms with Crippen LogP contribution in [0.1, 0.15) is 36.8 Å². The highest BCUT2D eigenvalue weighted by Gasteiger charge is 2.20. The van der Waals surface area contributed by atoms with E-state index in [1.165, 1.54) is 5.56 Å². The summed E-state index contributed by atoms with van der Waals surface area (Å²) < 4.78 is 0. The number of nitriles is 1. The van der Waals surface area contributed by atoms with Crippen LogP contribution in [0.15, 0.2) is 66.7 Å². The van der Waals surface area contributed by atoms with Gasteiger partial charge >= 0.3 is 0 Å². The minimum Gasteiger partial charge on any atom is -0.367 e. The van der Waals surface area contributed by atoms with Gasteiger partial charge in [0.1, 0.15) is 5.82 Å². The molecule has 0 radical (unpaired) electrons. The van der Waals surface area contributed by atoms with Gasteiger partial charge in [-0.3, -0.25) is 0 Å². The second-order valence-corrected chi connectivity index (χ2v) is 9.06. The van der Waals surface area contributed by atoms with Gasteiger partial charge in [0.25, 0.3) is 0 Å². The maximum absolute atomic E-state index is 9.10. The fourth-order valence-electron chi connectivity index (χ4n) is 4.44. The molecule has 1 heterocycles. The first-order valence-electron chi connectivity index (χ1n) is 11.8. The third-order valence-electron chi connectivity index (χ3n) is 6.46. The number of anilines is 3. The average molecular weight is 449 g/mol. The zero-order valence-electron chi connectivity index (χ0n) is 19.3. The van der Waals surface area contributed by atoms with E-state index in [-0.39, 0.29) is 0 Å². The Morgan fingerprint density at radius 3 is 2.29 bits per heavy atom. The standard InChI is InChI=1S/C28H28N6/c1-18-2-11-24(12-3-18)32-28-33-26-16-21(20-6-4-19(17-29)5-7-20)8-15-25(26)27(34-28)31-23-13-9-22(30)10-14-23/h2-8,11-12,15-16,22-23H,9-10,13-14,30H2,1H3,(H2,31,32,33,34). The van der Waals surface area contributed by atoms with Crippen LogP contribution in [0.4, 0.5) is 17.5 Å². The molecule has 0 aliphatic heterocycles. The molecule has 0 unspecified atom stereocenters. The Morgan fingerprint density at radius 2 is 1.59 bits per heavy atom. The lowest BCUT2D eigenvalue weighted by Crippen LogP contribution is -2.33. The maximum atomic E-state index is 9.10. The molecular weight excluding hydrogens is 420 g/mol. The summed E-state index contributed by atoms with van der Waals surface area (Å²) in [7, 11) is 0. The molecule has 1 saturated carbocycles. The molecule has 1 fully saturated rings. The molecule has 0 bridgehead atoms. The van der Waals surface area contributed by atoms with Crippen LogP contribution >= 0.6 is 0 Å². The number of aromatic nitrogens is 2. The van der Waals surface area contributed by atoms with Crippen LogP contribution in [0.5, 0.6) is 0 Å². The molecule has 1 aliphatic carbocycles. The van der Waals surface area contributed by atoms with Crippen molar-refractivity contribution in [3.8, 4) is 17.2 Å². The minimum atomic E-state index is 0.300. The zero-order chi connectivity index (χ0) is 23.5. The smallest absolute Gasteiger partial charge is 0.229 e. The molecule has 170 valence electrons. The van der Waals surface area contributed by atoms with E-state index in [1.807, 2.05) is 36.4 Å². The lowest BCUT2D eigenvalue weighted by Gasteiger charge is -2.27. The summed E-state index contributed by atoms with van der Waals surface area (Å²) in [6.07, 6.45) is 4.13. The number of hydrogen-bond acceptors (Lipinski definition) is 6. The highest BCUT2D eigenvalue weighted by Crippen LogP contribution is 2.31. The summed E-state index contributed by atoms with van der Waals surface area (Å²) in [5.41, 5.74) is 11.9. The van der Waals surface area contributed by atoms with Gasteiger partial charge in [-0.25, -0.2) is 4.98 Å². The van der Waals surface area contributed by atoms with Crippen LogP contribution in [-0.2, 0) is 0 Å². The Hall–Kier alpha value is -3.95. The molecule has 5 rings (SSSR count). The van der Waals surface area contributed by atoms with E-state index in [0.717, 1.165) is 59.2 Å². The molecule has 4 N–H and O–H groups in total. The molecule has 1 aromatic heterocycles. The van der Waals surface area contributed by atoms with Crippen molar-refractivity contribution in [2.24, 2.45) is 5.73 Å². The topological polar surface area (TPSA) is 99.6 Å². The lowest BCUT2D eigenvalue weighted by atomic mass is 9.92. The van der Waals surface area contributed by atoms with Crippen molar-refractivity contribution in [1.82, 2.24) is 9.97 Å². The van der Waals surface area contributed by atoms with Gasteiger partial charge < -0.3 is 16.4 Å². The number of fused-ring (bicyclic) bond motifs is 1. The van der Waals surface area contributed by atoms with Crippen LogP contribution in [0.3, 0.4) is 0 Å². The molecule has 0 saturated heterocycles. The summed E-state index contributed by atoms with van der Waals surface area (Å²) in [6.45, 7) is 2.07. The predicted octanol–water partition coefficient (Wildman–Crippen LogP) is 5.90. The molecule has 1 aliphatic rings. The first-order valence-corrected chi connectivity index (χ1v) is 11.8. The quantitative estimate of drug-likeness (QED) is 0.351. The molecule has 34 heavy (non-hydrogen) atoms. The molecule has 3 aromatic carbocycles. The van der Waals surface area contributed by atoms with Crippen molar-refractivity contribution < 1.29 is 0 Å². The van der Waals surface area contributed by atoms with Crippen LogP contribution in [0.25, 0.3) is 22.0 Å². The van der Waals surface area contributed by atoms with E-state index >= 15 is 0 Å². The zero-order valence-corrected chi connectivity index (χ0v) is 19.3. The second-order valence-electron chi connectivity index (χ2n) is 9.06. The molecule has 6 nitrogen and oxygen atoms in total. The van der Waals surface area contributed by atoms with Crippen LogP contribution < -0.4 is 16.4 Å². The number of nitrogens with one attached hydrogen (secondary N) is 2. The summed E-state index contributed by atoms with van der Waals surface area (Å²) in [5.74, 6) is 1.40. The third-order valence-corrected chi connectivity index (χ3v) is 6.46. The van der Waals surface area contributed by atoms with Crippen LogP contribution in [0.2, 0.25) is 0 Å². The van der Waals surface area contributed by atoms with E-state index in [4.69, 9.17) is 21.0 Å². The van der Waals surface area contributed by atoms with Crippen molar-refractivity contribution in [3.63, 3.8) is 0 Å². The molecule has 6 heteroatoms. The number of nitrogens with zero attached hydrogens (tertiary/aromatic N) is 3. The van der Waals surface area contributed by atoms with E-state index < -0.39 is 0 Å².